The largest absolute Gasteiger partial charge is 0.470 e. The third kappa shape index (κ3) is 2.55. The molecule has 0 N–H and O–H groups in total. The lowest BCUT2D eigenvalue weighted by Gasteiger charge is -2.06. The van der Waals surface area contributed by atoms with Gasteiger partial charge in [0.25, 0.3) is 0 Å². The van der Waals surface area contributed by atoms with E-state index in [4.69, 9.17) is 4.74 Å². The molecule has 4 nitrogen and oxygen atoms in total. The number of hydrogen-bond acceptors (Lipinski definition) is 5. The molecule has 6 heteroatoms. The molecule has 2 heterocycles. The average molecular weight is 372 g/mol. The molecule has 0 atom stereocenters. The molecule has 4 rings (SSSR count). The summed E-state index contributed by atoms with van der Waals surface area (Å²) in [6.45, 7) is 0.401. The first-order valence-corrected chi connectivity index (χ1v) is 8.28. The highest BCUT2D eigenvalue weighted by Gasteiger charge is 2.08. The molecule has 0 saturated heterocycles. The zero-order valence-corrected chi connectivity index (χ0v) is 13.8. The van der Waals surface area contributed by atoms with Gasteiger partial charge in [-0.25, -0.2) is 15.0 Å². The van der Waals surface area contributed by atoms with Gasteiger partial charge in [-0.15, -0.1) is 11.3 Å². The van der Waals surface area contributed by atoms with Gasteiger partial charge < -0.3 is 4.74 Å². The molecule has 0 saturated carbocycles. The number of fused-ring (bicyclic) bond motifs is 2. The van der Waals surface area contributed by atoms with Gasteiger partial charge >= 0.3 is 0 Å². The van der Waals surface area contributed by atoms with Crippen molar-refractivity contribution >= 4 is 48.4 Å². The second-order valence-corrected chi connectivity index (χ2v) is 6.74. The number of benzene rings is 2. The smallest absolute Gasteiger partial charge is 0.224 e. The van der Waals surface area contributed by atoms with E-state index in [1.54, 1.807) is 11.3 Å². The summed E-state index contributed by atoms with van der Waals surface area (Å²) in [6.07, 6.45) is 1.52. The van der Waals surface area contributed by atoms with Crippen LogP contribution < -0.4 is 4.74 Å². The minimum Gasteiger partial charge on any atom is -0.470 e. The molecule has 0 radical (unpaired) electrons. The molecule has 0 aliphatic carbocycles. The van der Waals surface area contributed by atoms with Gasteiger partial charge in [-0.1, -0.05) is 28.1 Å². The number of nitrogens with zero attached hydrogens (tertiary/aromatic N) is 3. The van der Waals surface area contributed by atoms with E-state index in [2.05, 4.69) is 36.9 Å². The topological polar surface area (TPSA) is 47.9 Å². The second-order valence-electron chi connectivity index (χ2n) is 4.70. The lowest BCUT2D eigenvalue weighted by molar-refractivity contribution is 0.297. The lowest BCUT2D eigenvalue weighted by atomic mass is 10.2. The number of hydrogen-bond donors (Lipinski definition) is 0. The molecule has 0 bridgehead atoms. The van der Waals surface area contributed by atoms with Gasteiger partial charge in [0.2, 0.25) is 5.88 Å². The first kappa shape index (κ1) is 13.6. The van der Waals surface area contributed by atoms with Crippen LogP contribution in [-0.2, 0) is 6.61 Å². The summed E-state index contributed by atoms with van der Waals surface area (Å²) in [5.74, 6) is 0.575. The SMILES string of the molecule is Brc1ccc2ncnc(OCc3nc4ccccc4s3)c2c1. The van der Waals surface area contributed by atoms with E-state index in [0.29, 0.717) is 12.5 Å². The quantitative estimate of drug-likeness (QED) is 0.528. The second kappa shape index (κ2) is 5.62. The maximum absolute atomic E-state index is 5.87. The fourth-order valence-electron chi connectivity index (χ4n) is 2.23. The molecular formula is C16H10BrN3OS. The molecule has 2 aromatic carbocycles. The van der Waals surface area contributed by atoms with Crippen molar-refractivity contribution in [1.29, 1.82) is 0 Å². The van der Waals surface area contributed by atoms with E-state index >= 15 is 0 Å². The van der Waals surface area contributed by atoms with Crippen molar-refractivity contribution in [3.05, 3.63) is 58.3 Å². The number of ether oxygens (including phenoxy) is 1. The van der Waals surface area contributed by atoms with Crippen LogP contribution in [-0.4, -0.2) is 15.0 Å². The first-order chi connectivity index (χ1) is 10.8. The summed E-state index contributed by atoms with van der Waals surface area (Å²) >= 11 is 5.10. The van der Waals surface area contributed by atoms with Crippen LogP contribution in [0.25, 0.3) is 21.1 Å². The van der Waals surface area contributed by atoms with Crippen molar-refractivity contribution in [1.82, 2.24) is 15.0 Å². The van der Waals surface area contributed by atoms with Crippen LogP contribution in [0.2, 0.25) is 0 Å². The summed E-state index contributed by atoms with van der Waals surface area (Å²) in [7, 11) is 0. The van der Waals surface area contributed by atoms with Crippen molar-refractivity contribution in [2.75, 3.05) is 0 Å². The fraction of sp³-hybridized carbons (Fsp3) is 0.0625. The van der Waals surface area contributed by atoms with Gasteiger partial charge in [0.05, 0.1) is 21.1 Å². The highest BCUT2D eigenvalue weighted by Crippen LogP contribution is 2.27. The number of halogens is 1. The maximum atomic E-state index is 5.87. The monoisotopic (exact) mass is 371 g/mol. The minimum absolute atomic E-state index is 0.401. The van der Waals surface area contributed by atoms with E-state index in [1.165, 1.54) is 6.33 Å². The Morgan fingerprint density at radius 2 is 1.95 bits per heavy atom. The van der Waals surface area contributed by atoms with Gasteiger partial charge in [0.1, 0.15) is 17.9 Å². The fourth-order valence-corrected chi connectivity index (χ4v) is 3.47. The Hall–Kier alpha value is -2.05. The number of para-hydroxylation sites is 1. The van der Waals surface area contributed by atoms with Gasteiger partial charge in [-0.05, 0) is 30.3 Å². The van der Waals surface area contributed by atoms with Crippen molar-refractivity contribution < 1.29 is 4.74 Å². The molecule has 22 heavy (non-hydrogen) atoms. The Labute approximate surface area is 138 Å². The predicted molar refractivity (Wildman–Crippen MR) is 91.2 cm³/mol. The summed E-state index contributed by atoms with van der Waals surface area (Å²) in [5, 5.41) is 1.82. The standard InChI is InChI=1S/C16H10BrN3OS/c17-10-5-6-12-11(7-10)16(19-9-18-12)21-8-15-20-13-3-1-2-4-14(13)22-15/h1-7,9H,8H2. The average Bonchev–Trinajstić information content (AvgIpc) is 2.95. The predicted octanol–water partition coefficient (Wildman–Crippen LogP) is 4.58. The normalized spacial score (nSPS) is 11.1. The van der Waals surface area contributed by atoms with Crippen molar-refractivity contribution in [2.45, 2.75) is 6.61 Å². The summed E-state index contributed by atoms with van der Waals surface area (Å²) in [4.78, 5) is 13.1. The molecule has 0 aliphatic heterocycles. The molecule has 2 aromatic heterocycles. The van der Waals surface area contributed by atoms with Crippen LogP contribution in [0.4, 0.5) is 0 Å². The Balaban J connectivity index is 1.64. The Kier molecular flexibility index (Phi) is 3.48. The molecular weight excluding hydrogens is 362 g/mol. The first-order valence-electron chi connectivity index (χ1n) is 6.67. The van der Waals surface area contributed by atoms with Crippen molar-refractivity contribution in [3.63, 3.8) is 0 Å². The lowest BCUT2D eigenvalue weighted by Crippen LogP contribution is -1.98. The van der Waals surface area contributed by atoms with Crippen molar-refractivity contribution in [3.8, 4) is 5.88 Å². The molecule has 0 fully saturated rings. The maximum Gasteiger partial charge on any atom is 0.224 e. The van der Waals surface area contributed by atoms with E-state index in [9.17, 15) is 0 Å². The summed E-state index contributed by atoms with van der Waals surface area (Å²) in [5.41, 5.74) is 1.86. The highest BCUT2D eigenvalue weighted by atomic mass is 79.9. The number of aromatic nitrogens is 3. The third-order valence-corrected chi connectivity index (χ3v) is 4.73. The van der Waals surface area contributed by atoms with Crippen LogP contribution >= 0.6 is 27.3 Å². The molecule has 0 amide bonds. The molecule has 0 spiro atoms. The highest BCUT2D eigenvalue weighted by molar-refractivity contribution is 9.10. The van der Waals surface area contributed by atoms with E-state index in [-0.39, 0.29) is 0 Å². The number of rotatable bonds is 3. The van der Waals surface area contributed by atoms with Crippen LogP contribution in [0.1, 0.15) is 5.01 Å². The van der Waals surface area contributed by atoms with E-state index < -0.39 is 0 Å². The van der Waals surface area contributed by atoms with Crippen LogP contribution in [0.5, 0.6) is 5.88 Å². The van der Waals surface area contributed by atoms with Gasteiger partial charge in [-0.2, -0.15) is 0 Å². The zero-order chi connectivity index (χ0) is 14.9. The number of thiazole rings is 1. The van der Waals surface area contributed by atoms with Gasteiger partial charge in [-0.3, -0.25) is 0 Å². The minimum atomic E-state index is 0.401. The summed E-state index contributed by atoms with van der Waals surface area (Å²) < 4.78 is 8.00. The Bertz CT molecular complexity index is 937. The van der Waals surface area contributed by atoms with Gasteiger partial charge in [0, 0.05) is 4.47 Å². The Morgan fingerprint density at radius 1 is 1.05 bits per heavy atom. The molecule has 0 unspecified atom stereocenters. The molecule has 0 aliphatic rings. The van der Waals surface area contributed by atoms with E-state index in [0.717, 1.165) is 30.6 Å². The van der Waals surface area contributed by atoms with Crippen molar-refractivity contribution in [2.24, 2.45) is 0 Å². The summed E-state index contributed by atoms with van der Waals surface area (Å²) in [6, 6.07) is 13.9. The third-order valence-electron chi connectivity index (χ3n) is 3.23. The van der Waals surface area contributed by atoms with E-state index in [1.807, 2.05) is 36.4 Å². The molecule has 108 valence electrons. The Morgan fingerprint density at radius 3 is 2.86 bits per heavy atom. The van der Waals surface area contributed by atoms with Crippen LogP contribution in [0, 0.1) is 0 Å². The zero-order valence-electron chi connectivity index (χ0n) is 11.4. The van der Waals surface area contributed by atoms with Crippen LogP contribution in [0.15, 0.2) is 53.3 Å². The van der Waals surface area contributed by atoms with Crippen LogP contribution in [0.3, 0.4) is 0 Å². The van der Waals surface area contributed by atoms with Gasteiger partial charge in [0.15, 0.2) is 0 Å². The molecule has 4 aromatic rings.